The molecule has 0 radical (unpaired) electrons. The summed E-state index contributed by atoms with van der Waals surface area (Å²) in [5.74, 6) is 0.734. The van der Waals surface area contributed by atoms with Gasteiger partial charge in [-0.15, -0.1) is 24.0 Å². The molecule has 7 nitrogen and oxygen atoms in total. The fraction of sp³-hybridized carbons (Fsp3) is 0.933. The lowest BCUT2D eigenvalue weighted by molar-refractivity contribution is 0.292. The number of hydrogen-bond acceptors (Lipinski definition) is 4. The van der Waals surface area contributed by atoms with Gasteiger partial charge in [0.1, 0.15) is 0 Å². The third-order valence-corrected chi connectivity index (χ3v) is 4.21. The first-order valence-electron chi connectivity index (χ1n) is 8.54. The molecule has 0 aromatic rings. The molecule has 0 rings (SSSR count). The molecule has 3 N–H and O–H groups in total. The van der Waals surface area contributed by atoms with E-state index in [1.54, 1.807) is 0 Å². The lowest BCUT2D eigenvalue weighted by Gasteiger charge is -2.21. The predicted molar refractivity (Wildman–Crippen MR) is 114 cm³/mol. The van der Waals surface area contributed by atoms with Gasteiger partial charge in [-0.25, -0.2) is 13.1 Å². The van der Waals surface area contributed by atoms with Crippen LogP contribution in [0.25, 0.3) is 0 Å². The molecule has 0 fully saturated rings. The molecule has 146 valence electrons. The van der Waals surface area contributed by atoms with E-state index in [-0.39, 0.29) is 24.0 Å². The summed E-state index contributed by atoms with van der Waals surface area (Å²) in [6.45, 7) is 13.3. The molecule has 9 heteroatoms. The van der Waals surface area contributed by atoms with Gasteiger partial charge in [-0.1, -0.05) is 13.8 Å². The fourth-order valence-electron chi connectivity index (χ4n) is 2.19. The van der Waals surface area contributed by atoms with Gasteiger partial charge in [-0.2, -0.15) is 0 Å². The van der Waals surface area contributed by atoms with E-state index in [2.05, 4.69) is 46.0 Å². The van der Waals surface area contributed by atoms with Crippen LogP contribution in [0.15, 0.2) is 4.99 Å². The molecule has 0 aliphatic carbocycles. The Kier molecular flexibility index (Phi) is 16.5. The predicted octanol–water partition coefficient (Wildman–Crippen LogP) is 1.22. The quantitative estimate of drug-likeness (QED) is 0.170. The average Bonchev–Trinajstić information content (AvgIpc) is 2.47. The summed E-state index contributed by atoms with van der Waals surface area (Å²) in [4.78, 5) is 6.81. The van der Waals surface area contributed by atoms with E-state index >= 15 is 0 Å². The number of nitrogens with zero attached hydrogens (tertiary/aromatic N) is 2. The number of halogens is 1. The Morgan fingerprint density at radius 1 is 1.21 bits per heavy atom. The van der Waals surface area contributed by atoms with Gasteiger partial charge >= 0.3 is 0 Å². The van der Waals surface area contributed by atoms with Crippen molar-refractivity contribution >= 4 is 40.0 Å². The third kappa shape index (κ3) is 15.4. The van der Waals surface area contributed by atoms with Crippen molar-refractivity contribution in [3.63, 3.8) is 0 Å². The lowest BCUT2D eigenvalue weighted by Crippen LogP contribution is -2.43. The van der Waals surface area contributed by atoms with Crippen LogP contribution in [-0.2, 0) is 10.0 Å². The van der Waals surface area contributed by atoms with E-state index in [0.717, 1.165) is 51.2 Å². The molecule has 24 heavy (non-hydrogen) atoms. The molecule has 0 aromatic heterocycles. The second-order valence-corrected chi connectivity index (χ2v) is 7.47. The van der Waals surface area contributed by atoms with Gasteiger partial charge in [0.2, 0.25) is 10.0 Å². The first-order chi connectivity index (χ1) is 10.8. The summed E-state index contributed by atoms with van der Waals surface area (Å²) in [5.41, 5.74) is 0. The van der Waals surface area contributed by atoms with Crippen molar-refractivity contribution in [1.29, 1.82) is 0 Å². The highest BCUT2D eigenvalue weighted by atomic mass is 127. The number of rotatable bonds is 12. The van der Waals surface area contributed by atoms with Crippen LogP contribution in [0, 0.1) is 0 Å². The van der Waals surface area contributed by atoms with E-state index in [1.807, 2.05) is 6.92 Å². The Labute approximate surface area is 165 Å². The molecular weight excluding hydrogens is 441 g/mol. The topological polar surface area (TPSA) is 85.8 Å². The molecule has 0 amide bonds. The average molecular weight is 477 g/mol. The summed E-state index contributed by atoms with van der Waals surface area (Å²) < 4.78 is 24.5. The minimum Gasteiger partial charge on any atom is -0.357 e. The molecule has 1 atom stereocenters. The molecule has 0 spiro atoms. The molecule has 0 aliphatic rings. The van der Waals surface area contributed by atoms with Gasteiger partial charge in [-0.05, 0) is 46.3 Å². The van der Waals surface area contributed by atoms with Crippen molar-refractivity contribution in [2.75, 3.05) is 45.5 Å². The Bertz CT molecular complexity index is 428. The summed E-state index contributed by atoms with van der Waals surface area (Å²) >= 11 is 0. The minimum atomic E-state index is -3.15. The Morgan fingerprint density at radius 3 is 2.33 bits per heavy atom. The second kappa shape index (κ2) is 15.2. The fourth-order valence-corrected chi connectivity index (χ4v) is 2.65. The van der Waals surface area contributed by atoms with E-state index in [4.69, 9.17) is 0 Å². The molecule has 1 unspecified atom stereocenters. The SMILES string of the molecule is CCNC(=NCCNS(C)(=O)=O)NC(C)CCCN(CC)CC.I. The highest BCUT2D eigenvalue weighted by Crippen LogP contribution is 1.99. The normalized spacial score (nSPS) is 13.5. The number of aliphatic imine (C=N–C) groups is 1. The summed E-state index contributed by atoms with van der Waals surface area (Å²) in [6.07, 6.45) is 3.37. The molecule has 0 bridgehead atoms. The maximum Gasteiger partial charge on any atom is 0.208 e. The van der Waals surface area contributed by atoms with E-state index in [9.17, 15) is 8.42 Å². The second-order valence-electron chi connectivity index (χ2n) is 5.64. The van der Waals surface area contributed by atoms with Crippen LogP contribution in [0.3, 0.4) is 0 Å². The van der Waals surface area contributed by atoms with Crippen molar-refractivity contribution in [3.8, 4) is 0 Å². The standard InChI is InChI=1S/C15H35N5O2S.HI/c1-6-16-15(17-11-12-18-23(5,21)22)19-14(4)10-9-13-20(7-2)8-3;/h14,18H,6-13H2,1-5H3,(H2,16,17,19);1H. The zero-order chi connectivity index (χ0) is 17.7. The number of guanidine groups is 1. The minimum absolute atomic E-state index is 0. The lowest BCUT2D eigenvalue weighted by atomic mass is 10.2. The van der Waals surface area contributed by atoms with Gasteiger partial charge in [0.25, 0.3) is 0 Å². The highest BCUT2D eigenvalue weighted by Gasteiger charge is 2.06. The van der Waals surface area contributed by atoms with Crippen LogP contribution in [0.4, 0.5) is 0 Å². The molecule has 0 saturated carbocycles. The van der Waals surface area contributed by atoms with Gasteiger partial charge in [0.05, 0.1) is 12.8 Å². The molecule has 0 heterocycles. The number of hydrogen-bond donors (Lipinski definition) is 3. The van der Waals surface area contributed by atoms with Crippen molar-refractivity contribution < 1.29 is 8.42 Å². The van der Waals surface area contributed by atoms with Crippen LogP contribution in [0.2, 0.25) is 0 Å². The largest absolute Gasteiger partial charge is 0.357 e. The van der Waals surface area contributed by atoms with E-state index in [1.165, 1.54) is 0 Å². The zero-order valence-electron chi connectivity index (χ0n) is 15.8. The van der Waals surface area contributed by atoms with Crippen LogP contribution >= 0.6 is 24.0 Å². The van der Waals surface area contributed by atoms with Gasteiger partial charge in [-0.3, -0.25) is 4.99 Å². The van der Waals surface area contributed by atoms with Crippen molar-refractivity contribution in [1.82, 2.24) is 20.3 Å². The van der Waals surface area contributed by atoms with E-state index in [0.29, 0.717) is 19.1 Å². The van der Waals surface area contributed by atoms with Crippen LogP contribution in [0.1, 0.15) is 40.5 Å². The molecular formula is C15H36IN5O2S. The summed E-state index contributed by atoms with van der Waals surface area (Å²) in [6, 6.07) is 0.325. The highest BCUT2D eigenvalue weighted by molar-refractivity contribution is 14.0. The van der Waals surface area contributed by atoms with Gasteiger partial charge in [0.15, 0.2) is 5.96 Å². The van der Waals surface area contributed by atoms with Crippen molar-refractivity contribution in [2.24, 2.45) is 4.99 Å². The van der Waals surface area contributed by atoms with Crippen molar-refractivity contribution in [3.05, 3.63) is 0 Å². The van der Waals surface area contributed by atoms with Gasteiger partial charge < -0.3 is 15.5 Å². The molecule has 0 saturated heterocycles. The molecule has 0 aromatic carbocycles. The Hall–Kier alpha value is -0.130. The van der Waals surface area contributed by atoms with Crippen LogP contribution in [0.5, 0.6) is 0 Å². The first-order valence-corrected chi connectivity index (χ1v) is 10.4. The van der Waals surface area contributed by atoms with Crippen LogP contribution < -0.4 is 15.4 Å². The zero-order valence-corrected chi connectivity index (χ0v) is 18.9. The maximum atomic E-state index is 11.0. The third-order valence-electron chi connectivity index (χ3n) is 3.48. The smallest absolute Gasteiger partial charge is 0.208 e. The number of sulfonamides is 1. The van der Waals surface area contributed by atoms with Gasteiger partial charge in [0, 0.05) is 19.1 Å². The number of nitrogens with one attached hydrogen (secondary N) is 3. The summed E-state index contributed by atoms with van der Waals surface area (Å²) in [5, 5.41) is 6.55. The Morgan fingerprint density at radius 2 is 1.83 bits per heavy atom. The van der Waals surface area contributed by atoms with E-state index < -0.39 is 10.0 Å². The first kappa shape index (κ1) is 26.1. The summed E-state index contributed by atoms with van der Waals surface area (Å²) in [7, 11) is -3.15. The molecule has 0 aliphatic heterocycles. The Balaban J connectivity index is 0. The monoisotopic (exact) mass is 477 g/mol. The maximum absolute atomic E-state index is 11.0. The van der Waals surface area contributed by atoms with Crippen LogP contribution in [-0.4, -0.2) is 70.8 Å². The van der Waals surface area contributed by atoms with Crippen molar-refractivity contribution in [2.45, 2.75) is 46.6 Å².